The molecule has 0 heterocycles. The molecule has 26 N–H and O–H groups in total. The second-order valence-corrected chi connectivity index (χ2v) is 5.06. The van der Waals surface area contributed by atoms with Crippen LogP contribution < -0.4 is 36.4 Å². The summed E-state index contributed by atoms with van der Waals surface area (Å²) in [5, 5.41) is 81.4. The van der Waals surface area contributed by atoms with Gasteiger partial charge >= 0.3 is 35.8 Å². The molecule has 0 rings (SSSR count). The zero-order chi connectivity index (χ0) is 24.0. The molecule has 34 heavy (non-hydrogen) atoms. The zero-order valence-electron chi connectivity index (χ0n) is 17.8. The molecule has 208 valence electrons. The highest BCUT2D eigenvalue weighted by molar-refractivity contribution is 5.88. The number of aliphatic hydroxyl groups is 2. The van der Waals surface area contributed by atoms with Crippen molar-refractivity contribution in [1.82, 2.24) is 36.4 Å². The molecule has 0 saturated carbocycles. The van der Waals surface area contributed by atoms with Gasteiger partial charge in [-0.15, -0.1) is 0 Å². The predicted molar refractivity (Wildman–Crippen MR) is 106 cm³/mol. The lowest BCUT2D eigenvalue weighted by molar-refractivity contribution is -0.170. The van der Waals surface area contributed by atoms with Gasteiger partial charge < -0.3 is 71.6 Å². The molecular formula is C12H34N6O16. The van der Waals surface area contributed by atoms with E-state index in [9.17, 15) is 28.8 Å². The van der Waals surface area contributed by atoms with Gasteiger partial charge in [0.15, 0.2) is 11.2 Å². The molecule has 0 atom stereocenters. The van der Waals surface area contributed by atoms with Gasteiger partial charge in [-0.05, 0) is 0 Å². The van der Waals surface area contributed by atoms with Gasteiger partial charge in [0.05, 0.1) is 25.7 Å². The van der Waals surface area contributed by atoms with Crippen molar-refractivity contribution in [1.29, 1.82) is 0 Å². The fourth-order valence-corrected chi connectivity index (χ4v) is 1.43. The molecular weight excluding hydrogens is 484 g/mol. The topological polar surface area (TPSA) is 492 Å². The highest BCUT2D eigenvalue weighted by atomic mass is 16.7. The standard InChI is InChI=1S/2C6H8O7.H3NO2.5H3N/c2*7-3(8)1-6(13,5(11)12)2-4(9)10;2-1-3;;;;;/h2*13H,1-2H2,(H,7,8)(H,9,10)(H,11,12);1-3H;5*1H3. The Hall–Kier alpha value is -3.58. The van der Waals surface area contributed by atoms with Gasteiger partial charge in [-0.1, -0.05) is 5.64 Å². The van der Waals surface area contributed by atoms with Crippen molar-refractivity contribution in [3.8, 4) is 0 Å². The lowest BCUT2D eigenvalue weighted by Gasteiger charge is -2.18. The van der Waals surface area contributed by atoms with E-state index < -0.39 is 72.7 Å². The van der Waals surface area contributed by atoms with Crippen LogP contribution in [0, 0.1) is 0 Å². The maximum absolute atomic E-state index is 10.3. The Morgan fingerprint density at radius 3 is 0.647 bits per heavy atom. The molecule has 0 fully saturated rings. The minimum Gasteiger partial charge on any atom is -0.481 e. The van der Waals surface area contributed by atoms with Gasteiger partial charge in [-0.2, -0.15) is 0 Å². The quantitative estimate of drug-likeness (QED) is 0.135. The largest absolute Gasteiger partial charge is 0.481 e. The molecule has 0 aliphatic carbocycles. The minimum atomic E-state index is -2.74. The van der Waals surface area contributed by atoms with E-state index in [4.69, 9.17) is 51.3 Å². The molecule has 22 nitrogen and oxygen atoms in total. The van der Waals surface area contributed by atoms with Gasteiger partial charge in [0.25, 0.3) is 0 Å². The van der Waals surface area contributed by atoms with Crippen LogP contribution in [0.2, 0.25) is 0 Å². The smallest absolute Gasteiger partial charge is 0.336 e. The predicted octanol–water partition coefficient (Wildman–Crippen LogP) is -2.33. The number of rotatable bonds is 10. The zero-order valence-corrected chi connectivity index (χ0v) is 17.8. The Kier molecular flexibility index (Phi) is 37.1. The van der Waals surface area contributed by atoms with Crippen molar-refractivity contribution < 1.29 is 80.0 Å². The van der Waals surface area contributed by atoms with E-state index in [0.717, 1.165) is 5.64 Å². The first-order valence-corrected chi connectivity index (χ1v) is 6.79. The Labute approximate surface area is 190 Å². The van der Waals surface area contributed by atoms with Gasteiger partial charge in [-0.3, -0.25) is 29.6 Å². The van der Waals surface area contributed by atoms with Gasteiger partial charge in [0, 0.05) is 0 Å². The summed E-state index contributed by atoms with van der Waals surface area (Å²) in [6.07, 6.45) is -4.58. The summed E-state index contributed by atoms with van der Waals surface area (Å²) in [6, 6.07) is 0. The second-order valence-electron chi connectivity index (χ2n) is 5.06. The summed E-state index contributed by atoms with van der Waals surface area (Å²) < 4.78 is 0. The molecule has 0 bridgehead atoms. The Morgan fingerprint density at radius 1 is 0.471 bits per heavy atom. The van der Waals surface area contributed by atoms with Crippen LogP contribution in [0.3, 0.4) is 0 Å². The molecule has 22 heteroatoms. The first kappa shape index (κ1) is 52.4. The molecule has 0 aliphatic rings. The van der Waals surface area contributed by atoms with E-state index in [1.165, 1.54) is 0 Å². The van der Waals surface area contributed by atoms with Crippen LogP contribution in [0.1, 0.15) is 25.7 Å². The lowest BCUT2D eigenvalue weighted by Crippen LogP contribution is -2.42. The average Bonchev–Trinajstić information content (AvgIpc) is 2.44. The summed E-state index contributed by atoms with van der Waals surface area (Å²) in [5.41, 5.74) is -4.73. The SMILES string of the molecule is N.N.N.N.N.O=C(O)CC(O)(CC(=O)O)C(=O)O.O=C(O)CC(O)(CC(=O)O)C(=O)O.ONO. The van der Waals surface area contributed by atoms with Crippen molar-refractivity contribution in [2.24, 2.45) is 0 Å². The minimum absolute atomic E-state index is 0. The van der Waals surface area contributed by atoms with Gasteiger partial charge in [0.1, 0.15) is 0 Å². The first-order chi connectivity index (χ1) is 13.0. The van der Waals surface area contributed by atoms with Crippen LogP contribution in [0.5, 0.6) is 0 Å². The number of carbonyl (C=O) groups is 6. The molecule has 0 radical (unpaired) electrons. The van der Waals surface area contributed by atoms with E-state index in [2.05, 4.69) is 0 Å². The van der Waals surface area contributed by atoms with Crippen LogP contribution in [0.15, 0.2) is 0 Å². The van der Waals surface area contributed by atoms with Crippen molar-refractivity contribution >= 4 is 35.8 Å². The third kappa shape index (κ3) is 26.5. The van der Waals surface area contributed by atoms with E-state index in [-0.39, 0.29) is 30.8 Å². The van der Waals surface area contributed by atoms with E-state index in [1.54, 1.807) is 0 Å². The number of carboxylic acids is 6. The second kappa shape index (κ2) is 24.1. The molecule has 0 aromatic rings. The first-order valence-electron chi connectivity index (χ1n) is 6.79. The number of hydrogen-bond acceptors (Lipinski definition) is 16. The molecule has 0 aromatic carbocycles. The van der Waals surface area contributed by atoms with Crippen molar-refractivity contribution in [3.05, 3.63) is 0 Å². The highest BCUT2D eigenvalue weighted by Crippen LogP contribution is 2.16. The Morgan fingerprint density at radius 2 is 0.588 bits per heavy atom. The van der Waals surface area contributed by atoms with Crippen LogP contribution in [-0.2, 0) is 28.8 Å². The van der Waals surface area contributed by atoms with Crippen molar-refractivity contribution in [2.75, 3.05) is 0 Å². The summed E-state index contributed by atoms with van der Waals surface area (Å²) >= 11 is 0. The summed E-state index contributed by atoms with van der Waals surface area (Å²) in [6.45, 7) is 0. The van der Waals surface area contributed by atoms with E-state index in [0.29, 0.717) is 0 Å². The molecule has 0 saturated heterocycles. The van der Waals surface area contributed by atoms with Crippen LogP contribution >= 0.6 is 0 Å². The normalized spacial score (nSPS) is 8.82. The van der Waals surface area contributed by atoms with Crippen LogP contribution in [0.4, 0.5) is 0 Å². The number of carboxylic acid groups (broad SMARTS) is 6. The lowest BCUT2D eigenvalue weighted by atomic mass is 9.96. The Balaban J connectivity index is -0.0000000523. The third-order valence-corrected chi connectivity index (χ3v) is 2.57. The Bertz CT molecular complexity index is 546. The van der Waals surface area contributed by atoms with Crippen molar-refractivity contribution in [3.63, 3.8) is 0 Å². The van der Waals surface area contributed by atoms with Crippen molar-refractivity contribution in [2.45, 2.75) is 36.9 Å². The maximum atomic E-state index is 10.3. The van der Waals surface area contributed by atoms with Gasteiger partial charge in [0.2, 0.25) is 0 Å². The summed E-state index contributed by atoms with van der Waals surface area (Å²) in [5.74, 6) is -10.0. The number of hydrogen-bond donors (Lipinski definition) is 16. The van der Waals surface area contributed by atoms with E-state index >= 15 is 0 Å². The molecule has 0 aliphatic heterocycles. The molecule has 0 spiro atoms. The maximum Gasteiger partial charge on any atom is 0.336 e. The average molecular weight is 518 g/mol. The third-order valence-electron chi connectivity index (χ3n) is 2.57. The summed E-state index contributed by atoms with van der Waals surface area (Å²) in [4.78, 5) is 61.0. The molecule has 0 aromatic heterocycles. The molecule has 0 amide bonds. The fourth-order valence-electron chi connectivity index (χ4n) is 1.43. The highest BCUT2D eigenvalue weighted by Gasteiger charge is 2.41. The van der Waals surface area contributed by atoms with Crippen LogP contribution in [0.25, 0.3) is 0 Å². The number of nitrogens with one attached hydrogen (secondary N) is 1. The monoisotopic (exact) mass is 518 g/mol. The summed E-state index contributed by atoms with van der Waals surface area (Å²) in [7, 11) is 0. The van der Waals surface area contributed by atoms with Crippen LogP contribution in [-0.4, -0.2) is 98.3 Å². The molecule has 0 unspecified atom stereocenters. The van der Waals surface area contributed by atoms with Gasteiger partial charge in [-0.25, -0.2) is 9.59 Å². The van der Waals surface area contributed by atoms with E-state index in [1.807, 2.05) is 0 Å². The fraction of sp³-hybridized carbons (Fsp3) is 0.500. The number of aliphatic carboxylic acids is 6.